The molecule has 0 saturated carbocycles. The summed E-state index contributed by atoms with van der Waals surface area (Å²) in [6, 6.07) is 9.44. The second kappa shape index (κ2) is 5.41. The van der Waals surface area contributed by atoms with E-state index in [-0.39, 0.29) is 5.56 Å². The molecule has 0 atom stereocenters. The zero-order chi connectivity index (χ0) is 14.0. The number of aryl methyl sites for hydroxylation is 2. The van der Waals surface area contributed by atoms with Gasteiger partial charge in [-0.05, 0) is 59.1 Å². The van der Waals surface area contributed by atoms with Crippen LogP contribution in [0.3, 0.4) is 0 Å². The van der Waals surface area contributed by atoms with Crippen molar-refractivity contribution in [2.75, 3.05) is 0 Å². The van der Waals surface area contributed by atoms with Crippen molar-refractivity contribution >= 4 is 15.9 Å². The highest BCUT2D eigenvalue weighted by Gasteiger charge is 2.05. The van der Waals surface area contributed by atoms with Crippen molar-refractivity contribution in [2.45, 2.75) is 20.4 Å². The zero-order valence-corrected chi connectivity index (χ0v) is 12.4. The SMILES string of the molecule is Cc1cc(C#N)ccc1Cn1cc(Br)cc(C)c1=O. The van der Waals surface area contributed by atoms with Crippen molar-refractivity contribution in [3.05, 3.63) is 67.5 Å². The first-order valence-electron chi connectivity index (χ1n) is 5.87. The average Bonchev–Trinajstić information content (AvgIpc) is 2.37. The van der Waals surface area contributed by atoms with E-state index in [1.807, 2.05) is 25.1 Å². The molecule has 0 spiro atoms. The summed E-state index contributed by atoms with van der Waals surface area (Å²) < 4.78 is 2.56. The number of pyridine rings is 1. The number of rotatable bonds is 2. The van der Waals surface area contributed by atoms with Gasteiger partial charge in [0.25, 0.3) is 5.56 Å². The average molecular weight is 317 g/mol. The summed E-state index contributed by atoms with van der Waals surface area (Å²) in [5, 5.41) is 8.85. The molecule has 0 amide bonds. The van der Waals surface area contributed by atoms with E-state index in [1.54, 1.807) is 23.8 Å². The van der Waals surface area contributed by atoms with Gasteiger partial charge in [0.2, 0.25) is 0 Å². The quantitative estimate of drug-likeness (QED) is 0.854. The van der Waals surface area contributed by atoms with Crippen molar-refractivity contribution in [1.29, 1.82) is 5.26 Å². The number of aromatic nitrogens is 1. The summed E-state index contributed by atoms with van der Waals surface area (Å²) in [4.78, 5) is 12.0. The fourth-order valence-corrected chi connectivity index (χ4v) is 2.57. The smallest absolute Gasteiger partial charge is 0.253 e. The van der Waals surface area contributed by atoms with Gasteiger partial charge in [0, 0.05) is 16.2 Å². The third-order valence-corrected chi connectivity index (χ3v) is 3.48. The highest BCUT2D eigenvalue weighted by Crippen LogP contribution is 2.14. The highest BCUT2D eigenvalue weighted by atomic mass is 79.9. The summed E-state index contributed by atoms with van der Waals surface area (Å²) >= 11 is 3.40. The maximum atomic E-state index is 12.0. The molecule has 19 heavy (non-hydrogen) atoms. The fraction of sp³-hybridized carbons (Fsp3) is 0.200. The molecule has 0 bridgehead atoms. The molecule has 1 aromatic carbocycles. The van der Waals surface area contributed by atoms with Crippen LogP contribution in [0.25, 0.3) is 0 Å². The van der Waals surface area contributed by atoms with Gasteiger partial charge in [-0.2, -0.15) is 5.26 Å². The molecule has 0 aliphatic carbocycles. The molecule has 2 aromatic rings. The van der Waals surface area contributed by atoms with Crippen LogP contribution in [0, 0.1) is 25.2 Å². The van der Waals surface area contributed by atoms with Crippen molar-refractivity contribution in [2.24, 2.45) is 0 Å². The van der Waals surface area contributed by atoms with Crippen molar-refractivity contribution in [3.63, 3.8) is 0 Å². The Kier molecular flexibility index (Phi) is 3.87. The molecule has 0 N–H and O–H groups in total. The maximum absolute atomic E-state index is 12.0. The fourth-order valence-electron chi connectivity index (χ4n) is 1.98. The number of benzene rings is 1. The summed E-state index contributed by atoms with van der Waals surface area (Å²) in [6.07, 6.45) is 1.78. The second-order valence-electron chi connectivity index (χ2n) is 4.53. The minimum atomic E-state index is 0.00644. The Morgan fingerprint density at radius 3 is 2.63 bits per heavy atom. The van der Waals surface area contributed by atoms with Gasteiger partial charge < -0.3 is 4.57 Å². The first-order valence-corrected chi connectivity index (χ1v) is 6.67. The molecule has 0 unspecified atom stereocenters. The number of halogens is 1. The Balaban J connectivity index is 2.42. The lowest BCUT2D eigenvalue weighted by Crippen LogP contribution is -2.22. The van der Waals surface area contributed by atoms with Crippen LogP contribution < -0.4 is 5.56 Å². The summed E-state index contributed by atoms with van der Waals surface area (Å²) in [5.74, 6) is 0. The van der Waals surface area contributed by atoms with Crippen LogP contribution in [-0.2, 0) is 6.54 Å². The Labute approximate surface area is 120 Å². The van der Waals surface area contributed by atoms with E-state index in [0.717, 1.165) is 15.6 Å². The van der Waals surface area contributed by atoms with Crippen LogP contribution in [0.2, 0.25) is 0 Å². The molecule has 3 nitrogen and oxygen atoms in total. The molecule has 4 heteroatoms. The predicted octanol–water partition coefficient (Wildman–Crippen LogP) is 3.15. The number of nitriles is 1. The van der Waals surface area contributed by atoms with Gasteiger partial charge in [0.15, 0.2) is 0 Å². The Hall–Kier alpha value is -1.86. The number of hydrogen-bond acceptors (Lipinski definition) is 2. The summed E-state index contributed by atoms with van der Waals surface area (Å²) in [7, 11) is 0. The van der Waals surface area contributed by atoms with Crippen LogP contribution in [0.4, 0.5) is 0 Å². The first kappa shape index (κ1) is 13.6. The maximum Gasteiger partial charge on any atom is 0.253 e. The van der Waals surface area contributed by atoms with Gasteiger partial charge in [-0.3, -0.25) is 4.79 Å². The van der Waals surface area contributed by atoms with E-state index in [9.17, 15) is 4.79 Å². The van der Waals surface area contributed by atoms with Gasteiger partial charge >= 0.3 is 0 Å². The summed E-state index contributed by atoms with van der Waals surface area (Å²) in [6.45, 7) is 4.26. The zero-order valence-electron chi connectivity index (χ0n) is 10.8. The third kappa shape index (κ3) is 2.94. The highest BCUT2D eigenvalue weighted by molar-refractivity contribution is 9.10. The van der Waals surface area contributed by atoms with Crippen LogP contribution in [0.1, 0.15) is 22.3 Å². The third-order valence-electron chi connectivity index (χ3n) is 3.04. The van der Waals surface area contributed by atoms with Gasteiger partial charge in [-0.15, -0.1) is 0 Å². The largest absolute Gasteiger partial charge is 0.310 e. The van der Waals surface area contributed by atoms with Crippen LogP contribution in [0.15, 0.2) is 39.7 Å². The molecule has 2 rings (SSSR count). The molecule has 1 aromatic heterocycles. The molecule has 96 valence electrons. The molecular weight excluding hydrogens is 304 g/mol. The molecule has 0 aliphatic heterocycles. The van der Waals surface area contributed by atoms with E-state index < -0.39 is 0 Å². The second-order valence-corrected chi connectivity index (χ2v) is 5.44. The molecule has 0 radical (unpaired) electrons. The lowest BCUT2D eigenvalue weighted by atomic mass is 10.1. The van der Waals surface area contributed by atoms with E-state index in [4.69, 9.17) is 5.26 Å². The Morgan fingerprint density at radius 2 is 2.00 bits per heavy atom. The molecule has 0 saturated heterocycles. The minimum absolute atomic E-state index is 0.00644. The lowest BCUT2D eigenvalue weighted by molar-refractivity contribution is 0.745. The Bertz CT molecular complexity index is 726. The molecule has 0 fully saturated rings. The van der Waals surface area contributed by atoms with Crippen molar-refractivity contribution in [1.82, 2.24) is 4.57 Å². The molecule has 0 aliphatic rings. The predicted molar refractivity (Wildman–Crippen MR) is 78.1 cm³/mol. The monoisotopic (exact) mass is 316 g/mol. The summed E-state index contributed by atoms with van der Waals surface area (Å²) in [5.41, 5.74) is 3.41. The lowest BCUT2D eigenvalue weighted by Gasteiger charge is -2.10. The standard InChI is InChI=1S/C15H13BrN2O/c1-10-5-12(7-17)3-4-13(10)8-18-9-14(16)6-11(2)15(18)19/h3-6,9H,8H2,1-2H3. The van der Waals surface area contributed by atoms with E-state index in [1.165, 1.54) is 0 Å². The minimum Gasteiger partial charge on any atom is -0.310 e. The van der Waals surface area contributed by atoms with Crippen molar-refractivity contribution < 1.29 is 0 Å². The van der Waals surface area contributed by atoms with Gasteiger partial charge in [0.1, 0.15) is 0 Å². The Morgan fingerprint density at radius 1 is 1.26 bits per heavy atom. The van der Waals surface area contributed by atoms with Gasteiger partial charge in [0.05, 0.1) is 18.2 Å². The van der Waals surface area contributed by atoms with E-state index in [0.29, 0.717) is 17.7 Å². The first-order chi connectivity index (χ1) is 9.01. The molecular formula is C15H13BrN2O. The van der Waals surface area contributed by atoms with Crippen LogP contribution in [-0.4, -0.2) is 4.57 Å². The normalized spacial score (nSPS) is 10.2. The number of nitrogens with zero attached hydrogens (tertiary/aromatic N) is 2. The topological polar surface area (TPSA) is 45.8 Å². The van der Waals surface area contributed by atoms with Crippen LogP contribution in [0.5, 0.6) is 0 Å². The van der Waals surface area contributed by atoms with Gasteiger partial charge in [-0.25, -0.2) is 0 Å². The molecule has 1 heterocycles. The van der Waals surface area contributed by atoms with Crippen LogP contribution >= 0.6 is 15.9 Å². The van der Waals surface area contributed by atoms with Crippen molar-refractivity contribution in [3.8, 4) is 6.07 Å². The number of hydrogen-bond donors (Lipinski definition) is 0. The van der Waals surface area contributed by atoms with Gasteiger partial charge in [-0.1, -0.05) is 6.07 Å². The van der Waals surface area contributed by atoms with E-state index >= 15 is 0 Å². The van der Waals surface area contributed by atoms with E-state index in [2.05, 4.69) is 22.0 Å².